The molecule has 0 aliphatic rings. The molecule has 0 aromatic heterocycles. The minimum Gasteiger partial charge on any atom is -0.504 e. The van der Waals surface area contributed by atoms with Gasteiger partial charge in [0.2, 0.25) is 5.91 Å². The summed E-state index contributed by atoms with van der Waals surface area (Å²) in [6.07, 6.45) is 0.569. The zero-order valence-electron chi connectivity index (χ0n) is 9.10. The van der Waals surface area contributed by atoms with Crippen molar-refractivity contribution >= 4 is 5.91 Å². The maximum Gasteiger partial charge on any atom is 0.233 e. The van der Waals surface area contributed by atoms with Crippen LogP contribution in [0.3, 0.4) is 0 Å². The maximum absolute atomic E-state index is 11.0. The number of carbonyl (C=O) groups is 1. The zero-order valence-corrected chi connectivity index (χ0v) is 9.10. The van der Waals surface area contributed by atoms with Gasteiger partial charge in [-0.2, -0.15) is 0 Å². The summed E-state index contributed by atoms with van der Waals surface area (Å²) in [6.45, 7) is 1.81. The van der Waals surface area contributed by atoms with Crippen LogP contribution in [-0.2, 0) is 11.2 Å². The van der Waals surface area contributed by atoms with Gasteiger partial charge in [-0.3, -0.25) is 4.79 Å². The average molecular weight is 224 g/mol. The predicted molar refractivity (Wildman–Crippen MR) is 60.1 cm³/mol. The first-order valence-corrected chi connectivity index (χ1v) is 5.03. The second-order valence-electron chi connectivity index (χ2n) is 3.70. The Hall–Kier alpha value is -1.75. The molecule has 5 nitrogen and oxygen atoms in total. The van der Waals surface area contributed by atoms with Gasteiger partial charge in [0.25, 0.3) is 0 Å². The SMILES string of the molecule is C[C@H](Cc1ccc(O)c(O)c1)NC(=O)CN. The molecule has 0 aliphatic carbocycles. The number of phenols is 2. The van der Waals surface area contributed by atoms with E-state index in [-0.39, 0.29) is 30.0 Å². The van der Waals surface area contributed by atoms with E-state index >= 15 is 0 Å². The number of benzene rings is 1. The summed E-state index contributed by atoms with van der Waals surface area (Å²) in [5.41, 5.74) is 6.01. The van der Waals surface area contributed by atoms with E-state index in [2.05, 4.69) is 5.32 Å². The van der Waals surface area contributed by atoms with Crippen LogP contribution in [0, 0.1) is 0 Å². The lowest BCUT2D eigenvalue weighted by Crippen LogP contribution is -2.38. The molecule has 0 heterocycles. The molecule has 1 aromatic rings. The first-order valence-electron chi connectivity index (χ1n) is 5.03. The zero-order chi connectivity index (χ0) is 12.1. The Morgan fingerprint density at radius 3 is 2.69 bits per heavy atom. The van der Waals surface area contributed by atoms with Crippen molar-refractivity contribution in [2.75, 3.05) is 6.54 Å². The highest BCUT2D eigenvalue weighted by Crippen LogP contribution is 2.25. The fraction of sp³-hybridized carbons (Fsp3) is 0.364. The largest absolute Gasteiger partial charge is 0.504 e. The second-order valence-corrected chi connectivity index (χ2v) is 3.70. The molecule has 5 heteroatoms. The van der Waals surface area contributed by atoms with Crippen LogP contribution in [0.4, 0.5) is 0 Å². The molecular formula is C11H16N2O3. The van der Waals surface area contributed by atoms with Gasteiger partial charge in [0.05, 0.1) is 6.54 Å². The van der Waals surface area contributed by atoms with Crippen LogP contribution < -0.4 is 11.1 Å². The molecule has 0 spiro atoms. The number of carbonyl (C=O) groups excluding carboxylic acids is 1. The normalized spacial score (nSPS) is 12.1. The van der Waals surface area contributed by atoms with E-state index in [1.165, 1.54) is 12.1 Å². The number of rotatable bonds is 4. The lowest BCUT2D eigenvalue weighted by molar-refractivity contribution is -0.120. The molecule has 0 saturated carbocycles. The minimum atomic E-state index is -0.212. The van der Waals surface area contributed by atoms with Gasteiger partial charge < -0.3 is 21.3 Å². The minimum absolute atomic E-state index is 0.0365. The summed E-state index contributed by atoms with van der Waals surface area (Å²) < 4.78 is 0. The summed E-state index contributed by atoms with van der Waals surface area (Å²) in [4.78, 5) is 11.0. The number of hydrogen-bond acceptors (Lipinski definition) is 4. The predicted octanol–water partition coefficient (Wildman–Crippen LogP) is 0.104. The van der Waals surface area contributed by atoms with Crippen molar-refractivity contribution in [3.63, 3.8) is 0 Å². The molecule has 1 amide bonds. The summed E-state index contributed by atoms with van der Waals surface area (Å²) >= 11 is 0. The molecule has 16 heavy (non-hydrogen) atoms. The van der Waals surface area contributed by atoms with Crippen molar-refractivity contribution in [1.29, 1.82) is 0 Å². The van der Waals surface area contributed by atoms with Crippen molar-refractivity contribution < 1.29 is 15.0 Å². The van der Waals surface area contributed by atoms with Gasteiger partial charge in [0.15, 0.2) is 11.5 Å². The fourth-order valence-electron chi connectivity index (χ4n) is 1.43. The van der Waals surface area contributed by atoms with Crippen LogP contribution in [0.5, 0.6) is 11.5 Å². The molecule has 1 rings (SSSR count). The highest BCUT2D eigenvalue weighted by Gasteiger charge is 2.08. The molecule has 0 unspecified atom stereocenters. The Labute approximate surface area is 93.9 Å². The first kappa shape index (κ1) is 12.3. The van der Waals surface area contributed by atoms with Gasteiger partial charge >= 0.3 is 0 Å². The van der Waals surface area contributed by atoms with Gasteiger partial charge in [-0.1, -0.05) is 6.07 Å². The summed E-state index contributed by atoms with van der Waals surface area (Å²) in [5.74, 6) is -0.521. The highest BCUT2D eigenvalue weighted by atomic mass is 16.3. The van der Waals surface area contributed by atoms with Crippen LogP contribution in [-0.4, -0.2) is 28.7 Å². The lowest BCUT2D eigenvalue weighted by Gasteiger charge is -2.13. The topological polar surface area (TPSA) is 95.6 Å². The van der Waals surface area contributed by atoms with Crippen LogP contribution in [0.15, 0.2) is 18.2 Å². The van der Waals surface area contributed by atoms with Crippen LogP contribution >= 0.6 is 0 Å². The smallest absolute Gasteiger partial charge is 0.233 e. The van der Waals surface area contributed by atoms with Crippen LogP contribution in [0.2, 0.25) is 0 Å². The number of phenolic OH excluding ortho intramolecular Hbond substituents is 2. The monoisotopic (exact) mass is 224 g/mol. The van der Waals surface area contributed by atoms with Crippen molar-refractivity contribution in [2.45, 2.75) is 19.4 Å². The Morgan fingerprint density at radius 2 is 2.12 bits per heavy atom. The van der Waals surface area contributed by atoms with Crippen molar-refractivity contribution in [3.05, 3.63) is 23.8 Å². The van der Waals surface area contributed by atoms with Crippen LogP contribution in [0.25, 0.3) is 0 Å². The molecule has 0 aliphatic heterocycles. The Kier molecular flexibility index (Phi) is 4.13. The number of nitrogens with two attached hydrogens (primary N) is 1. The van der Waals surface area contributed by atoms with E-state index in [1.54, 1.807) is 6.07 Å². The number of hydrogen-bond donors (Lipinski definition) is 4. The summed E-state index contributed by atoms with van der Waals surface area (Å²) in [5, 5.41) is 21.1. The fourth-order valence-corrected chi connectivity index (χ4v) is 1.43. The van der Waals surface area contributed by atoms with E-state index in [1.807, 2.05) is 6.92 Å². The molecule has 0 saturated heterocycles. The van der Waals surface area contributed by atoms with Crippen molar-refractivity contribution in [3.8, 4) is 11.5 Å². The average Bonchev–Trinajstić information content (AvgIpc) is 2.23. The molecule has 0 fully saturated rings. The molecular weight excluding hydrogens is 208 g/mol. The lowest BCUT2D eigenvalue weighted by atomic mass is 10.1. The van der Waals surface area contributed by atoms with Crippen LogP contribution in [0.1, 0.15) is 12.5 Å². The van der Waals surface area contributed by atoms with Crippen molar-refractivity contribution in [1.82, 2.24) is 5.32 Å². The molecule has 1 atom stereocenters. The molecule has 1 aromatic carbocycles. The van der Waals surface area contributed by atoms with E-state index in [0.29, 0.717) is 6.42 Å². The summed E-state index contributed by atoms with van der Waals surface area (Å²) in [6, 6.07) is 4.52. The van der Waals surface area contributed by atoms with Crippen molar-refractivity contribution in [2.24, 2.45) is 5.73 Å². The first-order chi connectivity index (χ1) is 7.52. The Morgan fingerprint density at radius 1 is 1.44 bits per heavy atom. The maximum atomic E-state index is 11.0. The number of aromatic hydroxyl groups is 2. The third-order valence-corrected chi connectivity index (χ3v) is 2.17. The third-order valence-electron chi connectivity index (χ3n) is 2.17. The highest BCUT2D eigenvalue weighted by molar-refractivity contribution is 5.78. The second kappa shape index (κ2) is 5.37. The van der Waals surface area contributed by atoms with Gasteiger partial charge in [0.1, 0.15) is 0 Å². The van der Waals surface area contributed by atoms with E-state index in [9.17, 15) is 9.90 Å². The standard InChI is InChI=1S/C11H16N2O3/c1-7(13-11(16)6-12)4-8-2-3-9(14)10(15)5-8/h2-3,5,7,14-15H,4,6,12H2,1H3,(H,13,16)/t7-/m1/s1. The van der Waals surface area contributed by atoms with Gasteiger partial charge in [-0.25, -0.2) is 0 Å². The quantitative estimate of drug-likeness (QED) is 0.546. The van der Waals surface area contributed by atoms with Gasteiger partial charge in [-0.05, 0) is 31.0 Å². The van der Waals surface area contributed by atoms with E-state index < -0.39 is 0 Å². The summed E-state index contributed by atoms with van der Waals surface area (Å²) in [7, 11) is 0. The number of amides is 1. The molecule has 5 N–H and O–H groups in total. The molecule has 0 bridgehead atoms. The molecule has 88 valence electrons. The number of nitrogens with one attached hydrogen (secondary N) is 1. The molecule has 0 radical (unpaired) electrons. The Balaban J connectivity index is 2.59. The third kappa shape index (κ3) is 3.43. The van der Waals surface area contributed by atoms with E-state index in [0.717, 1.165) is 5.56 Å². The Bertz CT molecular complexity index is 379. The van der Waals surface area contributed by atoms with E-state index in [4.69, 9.17) is 10.8 Å². The van der Waals surface area contributed by atoms with Gasteiger partial charge in [0, 0.05) is 6.04 Å². The van der Waals surface area contributed by atoms with Gasteiger partial charge in [-0.15, -0.1) is 0 Å².